The quantitative estimate of drug-likeness (QED) is 0.891. The summed E-state index contributed by atoms with van der Waals surface area (Å²) < 4.78 is 27.3. The first-order chi connectivity index (χ1) is 8.99. The third kappa shape index (κ3) is 2.87. The molecule has 0 atom stereocenters. The van der Waals surface area contributed by atoms with Crippen LogP contribution in [-0.4, -0.2) is 10.9 Å². The highest BCUT2D eigenvalue weighted by molar-refractivity contribution is 9.10. The molecule has 1 aromatic carbocycles. The highest BCUT2D eigenvalue weighted by Gasteiger charge is 2.17. The van der Waals surface area contributed by atoms with Crippen LogP contribution in [0.5, 0.6) is 0 Å². The Morgan fingerprint density at radius 1 is 1.32 bits per heavy atom. The second-order valence-corrected chi connectivity index (χ2v) is 4.56. The van der Waals surface area contributed by atoms with Gasteiger partial charge in [0.25, 0.3) is 5.91 Å². The topological polar surface area (TPSA) is 68.0 Å². The minimum Gasteiger partial charge on any atom is -0.397 e. The number of hydrogen-bond donors (Lipinski definition) is 2. The molecule has 0 aliphatic heterocycles. The van der Waals surface area contributed by atoms with Crippen LogP contribution in [0.15, 0.2) is 34.9 Å². The van der Waals surface area contributed by atoms with Gasteiger partial charge in [0.05, 0.1) is 5.69 Å². The van der Waals surface area contributed by atoms with Crippen LogP contribution in [0, 0.1) is 11.6 Å². The van der Waals surface area contributed by atoms with Crippen molar-refractivity contribution < 1.29 is 13.6 Å². The molecule has 0 spiro atoms. The van der Waals surface area contributed by atoms with E-state index in [1.807, 2.05) is 0 Å². The van der Waals surface area contributed by atoms with Crippen LogP contribution in [0.1, 0.15) is 10.5 Å². The number of aromatic nitrogens is 1. The van der Waals surface area contributed by atoms with Gasteiger partial charge < -0.3 is 11.1 Å². The van der Waals surface area contributed by atoms with Crippen molar-refractivity contribution in [2.75, 3.05) is 11.1 Å². The predicted molar refractivity (Wildman–Crippen MR) is 70.7 cm³/mol. The van der Waals surface area contributed by atoms with Gasteiger partial charge in [-0.15, -0.1) is 0 Å². The lowest BCUT2D eigenvalue weighted by molar-refractivity contribution is 0.102. The summed E-state index contributed by atoms with van der Waals surface area (Å²) in [5.74, 6) is -2.57. The van der Waals surface area contributed by atoms with E-state index in [9.17, 15) is 13.6 Å². The molecule has 0 saturated carbocycles. The van der Waals surface area contributed by atoms with Crippen LogP contribution < -0.4 is 11.1 Å². The summed E-state index contributed by atoms with van der Waals surface area (Å²) >= 11 is 2.94. The zero-order valence-electron chi connectivity index (χ0n) is 9.45. The van der Waals surface area contributed by atoms with Gasteiger partial charge in [-0.1, -0.05) is 15.9 Å². The molecule has 1 amide bonds. The van der Waals surface area contributed by atoms with E-state index in [1.54, 1.807) is 6.07 Å². The molecule has 1 aromatic heterocycles. The Balaban J connectivity index is 2.32. The van der Waals surface area contributed by atoms with Crippen molar-refractivity contribution in [1.82, 2.24) is 4.98 Å². The Hall–Kier alpha value is -2.02. The molecular weight excluding hydrogens is 320 g/mol. The first kappa shape index (κ1) is 13.4. The van der Waals surface area contributed by atoms with Crippen molar-refractivity contribution in [2.45, 2.75) is 0 Å². The molecular formula is C12H8BrF2N3O. The normalized spacial score (nSPS) is 10.3. The van der Waals surface area contributed by atoms with Gasteiger partial charge in [-0.05, 0) is 24.3 Å². The molecule has 2 rings (SSSR count). The molecule has 0 unspecified atom stereocenters. The molecule has 1 heterocycles. The van der Waals surface area contributed by atoms with E-state index in [1.165, 1.54) is 12.3 Å². The third-order valence-corrected chi connectivity index (χ3v) is 2.76. The minimum atomic E-state index is -0.894. The number of pyridine rings is 1. The molecule has 2 aromatic rings. The number of nitrogen functional groups attached to an aromatic ring is 1. The van der Waals surface area contributed by atoms with Crippen molar-refractivity contribution in [3.8, 4) is 0 Å². The summed E-state index contributed by atoms with van der Waals surface area (Å²) in [7, 11) is 0. The van der Waals surface area contributed by atoms with Crippen LogP contribution in [0.4, 0.5) is 20.2 Å². The fourth-order valence-electron chi connectivity index (χ4n) is 1.44. The summed E-state index contributed by atoms with van der Waals surface area (Å²) in [4.78, 5) is 15.6. The number of amides is 1. The maximum absolute atomic E-state index is 13.6. The van der Waals surface area contributed by atoms with Gasteiger partial charge in [0.1, 0.15) is 5.69 Å². The van der Waals surface area contributed by atoms with Gasteiger partial charge in [-0.2, -0.15) is 0 Å². The molecule has 0 radical (unpaired) electrons. The number of nitrogens with one attached hydrogen (secondary N) is 1. The Bertz CT molecular complexity index is 626. The Morgan fingerprint density at radius 3 is 2.53 bits per heavy atom. The number of benzene rings is 1. The lowest BCUT2D eigenvalue weighted by Gasteiger charge is -2.08. The lowest BCUT2D eigenvalue weighted by atomic mass is 10.2. The summed E-state index contributed by atoms with van der Waals surface area (Å²) in [6.07, 6.45) is 1.36. The van der Waals surface area contributed by atoms with Gasteiger partial charge in [-0.3, -0.25) is 4.79 Å². The molecule has 0 saturated heterocycles. The SMILES string of the molecule is Nc1cccnc1C(=O)Nc1c(F)cc(Br)cc1F. The fourth-order valence-corrected chi connectivity index (χ4v) is 1.84. The number of carbonyl (C=O) groups is 1. The molecule has 0 bridgehead atoms. The summed E-state index contributed by atoms with van der Waals surface area (Å²) in [5, 5.41) is 2.11. The summed E-state index contributed by atoms with van der Waals surface area (Å²) in [6, 6.07) is 5.10. The van der Waals surface area contributed by atoms with Crippen molar-refractivity contribution in [1.29, 1.82) is 0 Å². The number of hydrogen-bond acceptors (Lipinski definition) is 3. The van der Waals surface area contributed by atoms with Crippen LogP contribution >= 0.6 is 15.9 Å². The zero-order valence-corrected chi connectivity index (χ0v) is 11.0. The molecule has 98 valence electrons. The number of rotatable bonds is 2. The van der Waals surface area contributed by atoms with E-state index in [0.717, 1.165) is 12.1 Å². The lowest BCUT2D eigenvalue weighted by Crippen LogP contribution is -2.17. The van der Waals surface area contributed by atoms with E-state index >= 15 is 0 Å². The van der Waals surface area contributed by atoms with Crippen LogP contribution in [0.3, 0.4) is 0 Å². The summed E-state index contributed by atoms with van der Waals surface area (Å²) in [6.45, 7) is 0. The van der Waals surface area contributed by atoms with Gasteiger partial charge in [0, 0.05) is 10.7 Å². The fraction of sp³-hybridized carbons (Fsp3) is 0. The van der Waals surface area contributed by atoms with E-state index in [0.29, 0.717) is 0 Å². The second kappa shape index (κ2) is 5.31. The number of anilines is 2. The van der Waals surface area contributed by atoms with E-state index in [-0.39, 0.29) is 15.9 Å². The molecule has 4 nitrogen and oxygen atoms in total. The largest absolute Gasteiger partial charge is 0.397 e. The molecule has 0 aliphatic rings. The minimum absolute atomic E-state index is 0.0933. The number of nitrogens with zero attached hydrogens (tertiary/aromatic N) is 1. The molecule has 19 heavy (non-hydrogen) atoms. The second-order valence-electron chi connectivity index (χ2n) is 3.64. The van der Waals surface area contributed by atoms with Crippen molar-refractivity contribution in [3.05, 3.63) is 52.3 Å². The molecule has 7 heteroatoms. The predicted octanol–water partition coefficient (Wildman–Crippen LogP) is 2.96. The molecule has 0 aliphatic carbocycles. The monoisotopic (exact) mass is 327 g/mol. The average molecular weight is 328 g/mol. The van der Waals surface area contributed by atoms with Crippen LogP contribution in [-0.2, 0) is 0 Å². The Kier molecular flexibility index (Phi) is 3.75. The number of halogens is 3. The maximum Gasteiger partial charge on any atom is 0.276 e. The average Bonchev–Trinajstić information content (AvgIpc) is 2.34. The van der Waals surface area contributed by atoms with Crippen molar-refractivity contribution in [3.63, 3.8) is 0 Å². The third-order valence-electron chi connectivity index (χ3n) is 2.30. The van der Waals surface area contributed by atoms with E-state index in [2.05, 4.69) is 26.2 Å². The van der Waals surface area contributed by atoms with Crippen LogP contribution in [0.25, 0.3) is 0 Å². The standard InChI is InChI=1S/C12H8BrF2N3O/c13-6-4-7(14)10(8(15)5-6)18-12(19)11-9(16)2-1-3-17-11/h1-5H,16H2,(H,18,19). The van der Waals surface area contributed by atoms with Crippen molar-refractivity contribution in [2.24, 2.45) is 0 Å². The van der Waals surface area contributed by atoms with Gasteiger partial charge in [-0.25, -0.2) is 13.8 Å². The van der Waals surface area contributed by atoms with Gasteiger partial charge in [0.15, 0.2) is 17.3 Å². The van der Waals surface area contributed by atoms with Crippen molar-refractivity contribution >= 4 is 33.2 Å². The number of carbonyl (C=O) groups excluding carboxylic acids is 1. The smallest absolute Gasteiger partial charge is 0.276 e. The molecule has 3 N–H and O–H groups in total. The maximum atomic E-state index is 13.6. The highest BCUT2D eigenvalue weighted by atomic mass is 79.9. The molecule has 0 fully saturated rings. The van der Waals surface area contributed by atoms with Gasteiger partial charge >= 0.3 is 0 Å². The van der Waals surface area contributed by atoms with E-state index in [4.69, 9.17) is 5.73 Å². The zero-order chi connectivity index (χ0) is 14.0. The number of nitrogens with two attached hydrogens (primary N) is 1. The summed E-state index contributed by atoms with van der Waals surface area (Å²) in [5.41, 5.74) is 5.04. The first-order valence-corrected chi connectivity index (χ1v) is 5.94. The Labute approximate surface area is 115 Å². The first-order valence-electron chi connectivity index (χ1n) is 5.15. The Morgan fingerprint density at radius 2 is 1.95 bits per heavy atom. The highest BCUT2D eigenvalue weighted by Crippen LogP contribution is 2.24. The van der Waals surface area contributed by atoms with Gasteiger partial charge in [0.2, 0.25) is 0 Å². The van der Waals surface area contributed by atoms with E-state index < -0.39 is 23.2 Å². The van der Waals surface area contributed by atoms with Crippen LogP contribution in [0.2, 0.25) is 0 Å².